The lowest BCUT2D eigenvalue weighted by atomic mass is 10.2. The molecule has 2 nitrogen and oxygen atoms in total. The first-order valence-electron chi connectivity index (χ1n) is 4.55. The molecule has 0 heterocycles. The minimum Gasteiger partial charge on any atom is -0.391 e. The van der Waals surface area contributed by atoms with Crippen LogP contribution in [0.5, 0.6) is 0 Å². The average molecular weight is 156 g/mol. The van der Waals surface area contributed by atoms with Crippen LogP contribution >= 0.6 is 0 Å². The summed E-state index contributed by atoms with van der Waals surface area (Å²) in [5.74, 6) is 2.64. The van der Waals surface area contributed by atoms with Gasteiger partial charge in [-0.2, -0.15) is 0 Å². The molecule has 64 valence electrons. The molecule has 0 saturated heterocycles. The second kappa shape index (κ2) is 2.46. The van der Waals surface area contributed by atoms with E-state index in [-0.39, 0.29) is 6.10 Å². The van der Waals surface area contributed by atoms with Crippen molar-refractivity contribution >= 4 is 0 Å². The molecule has 0 aromatic heterocycles. The second-order valence-electron chi connectivity index (χ2n) is 3.87. The van der Waals surface area contributed by atoms with Crippen molar-refractivity contribution < 1.29 is 9.84 Å². The molecular formula is C9H16O2. The summed E-state index contributed by atoms with van der Waals surface area (Å²) in [5, 5.41) is 9.18. The number of ether oxygens (including phenoxy) is 1. The molecule has 2 aliphatic carbocycles. The molecule has 0 amide bonds. The smallest absolute Gasteiger partial charge is 0.0771 e. The van der Waals surface area contributed by atoms with Crippen LogP contribution in [-0.2, 0) is 4.74 Å². The quantitative estimate of drug-likeness (QED) is 0.659. The van der Waals surface area contributed by atoms with Gasteiger partial charge in [-0.05, 0) is 24.2 Å². The largest absolute Gasteiger partial charge is 0.391 e. The number of rotatable bonds is 4. The minimum atomic E-state index is -0.245. The summed E-state index contributed by atoms with van der Waals surface area (Å²) < 4.78 is 5.49. The van der Waals surface area contributed by atoms with Gasteiger partial charge in [0.05, 0.1) is 18.8 Å². The number of hydrogen-bond acceptors (Lipinski definition) is 2. The van der Waals surface area contributed by atoms with E-state index in [0.29, 0.717) is 12.7 Å². The standard InChI is InChI=1S/C9H16O2/c1-3-6(10)4-11-9-7-5(2)8(7)9/h5-10H,3-4H2,1-2H3. The van der Waals surface area contributed by atoms with E-state index in [2.05, 4.69) is 6.92 Å². The van der Waals surface area contributed by atoms with Crippen molar-refractivity contribution in [2.75, 3.05) is 6.61 Å². The van der Waals surface area contributed by atoms with E-state index >= 15 is 0 Å². The Morgan fingerprint density at radius 1 is 1.45 bits per heavy atom. The highest BCUT2D eigenvalue weighted by Crippen LogP contribution is 2.69. The van der Waals surface area contributed by atoms with E-state index in [0.717, 1.165) is 24.2 Å². The lowest BCUT2D eigenvalue weighted by Crippen LogP contribution is -2.18. The fourth-order valence-electron chi connectivity index (χ4n) is 1.87. The maximum absolute atomic E-state index is 9.18. The Hall–Kier alpha value is -0.0800. The van der Waals surface area contributed by atoms with Gasteiger partial charge in [0.15, 0.2) is 0 Å². The summed E-state index contributed by atoms with van der Waals surface area (Å²) in [7, 11) is 0. The zero-order chi connectivity index (χ0) is 8.01. The van der Waals surface area contributed by atoms with Crippen molar-refractivity contribution in [3.05, 3.63) is 0 Å². The molecular weight excluding hydrogens is 140 g/mol. The van der Waals surface area contributed by atoms with Crippen LogP contribution in [0.25, 0.3) is 0 Å². The first-order chi connectivity index (χ1) is 5.25. The summed E-state index contributed by atoms with van der Waals surface area (Å²) in [6.07, 6.45) is 1.08. The van der Waals surface area contributed by atoms with Crippen molar-refractivity contribution in [1.29, 1.82) is 0 Å². The van der Waals surface area contributed by atoms with Crippen LogP contribution in [0.4, 0.5) is 0 Å². The molecule has 3 unspecified atom stereocenters. The van der Waals surface area contributed by atoms with Crippen molar-refractivity contribution in [3.63, 3.8) is 0 Å². The first kappa shape index (κ1) is 7.56. The molecule has 0 radical (unpaired) electrons. The third kappa shape index (κ3) is 1.18. The van der Waals surface area contributed by atoms with E-state index in [4.69, 9.17) is 4.74 Å². The molecule has 2 saturated carbocycles. The SMILES string of the molecule is CCC(O)COC1C2C(C)C12. The Kier molecular flexibility index (Phi) is 1.69. The van der Waals surface area contributed by atoms with E-state index in [1.807, 2.05) is 6.92 Å². The van der Waals surface area contributed by atoms with Crippen LogP contribution in [0.3, 0.4) is 0 Å². The molecule has 2 heteroatoms. The number of aliphatic hydroxyl groups excluding tert-OH is 1. The third-order valence-corrected chi connectivity index (χ3v) is 3.09. The molecule has 0 spiro atoms. The molecule has 0 aromatic rings. The van der Waals surface area contributed by atoms with Crippen molar-refractivity contribution in [1.82, 2.24) is 0 Å². The van der Waals surface area contributed by atoms with Gasteiger partial charge in [0.1, 0.15) is 0 Å². The minimum absolute atomic E-state index is 0.245. The summed E-state index contributed by atoms with van der Waals surface area (Å²) >= 11 is 0. The van der Waals surface area contributed by atoms with Gasteiger partial charge < -0.3 is 9.84 Å². The second-order valence-corrected chi connectivity index (χ2v) is 3.87. The van der Waals surface area contributed by atoms with Crippen LogP contribution in [0.1, 0.15) is 20.3 Å². The predicted molar refractivity (Wildman–Crippen MR) is 42.2 cm³/mol. The lowest BCUT2D eigenvalue weighted by molar-refractivity contribution is 0.00270. The van der Waals surface area contributed by atoms with Crippen LogP contribution in [0, 0.1) is 17.8 Å². The van der Waals surface area contributed by atoms with Crippen LogP contribution in [-0.4, -0.2) is 23.9 Å². The molecule has 3 atom stereocenters. The van der Waals surface area contributed by atoms with E-state index < -0.39 is 0 Å². The van der Waals surface area contributed by atoms with Crippen LogP contribution in [0.15, 0.2) is 0 Å². The fourth-order valence-corrected chi connectivity index (χ4v) is 1.87. The highest BCUT2D eigenvalue weighted by molar-refractivity contribution is 5.19. The zero-order valence-corrected chi connectivity index (χ0v) is 7.16. The summed E-state index contributed by atoms with van der Waals surface area (Å²) in [4.78, 5) is 0. The zero-order valence-electron chi connectivity index (χ0n) is 7.16. The monoisotopic (exact) mass is 156 g/mol. The summed E-state index contributed by atoms with van der Waals surface area (Å²) in [6, 6.07) is 0. The highest BCUT2D eigenvalue weighted by Gasteiger charge is 2.72. The molecule has 0 bridgehead atoms. The van der Waals surface area contributed by atoms with Gasteiger partial charge in [-0.15, -0.1) is 0 Å². The molecule has 2 fully saturated rings. The molecule has 1 N–H and O–H groups in total. The lowest BCUT2D eigenvalue weighted by Gasteiger charge is -2.12. The Bertz CT molecular complexity index is 148. The van der Waals surface area contributed by atoms with Gasteiger partial charge in [-0.1, -0.05) is 13.8 Å². The highest BCUT2D eigenvalue weighted by atomic mass is 16.5. The topological polar surface area (TPSA) is 29.5 Å². The molecule has 2 aliphatic rings. The Balaban J connectivity index is 1.57. The van der Waals surface area contributed by atoms with E-state index in [1.165, 1.54) is 0 Å². The van der Waals surface area contributed by atoms with Crippen molar-refractivity contribution in [2.24, 2.45) is 17.8 Å². The van der Waals surface area contributed by atoms with E-state index in [1.54, 1.807) is 0 Å². The van der Waals surface area contributed by atoms with Gasteiger partial charge in [0, 0.05) is 0 Å². The Labute approximate surface area is 67.6 Å². The summed E-state index contributed by atoms with van der Waals surface area (Å²) in [5.41, 5.74) is 0. The van der Waals surface area contributed by atoms with Gasteiger partial charge in [0.2, 0.25) is 0 Å². The normalized spacial score (nSPS) is 48.3. The molecule has 2 rings (SSSR count). The average Bonchev–Trinajstić information content (AvgIpc) is 2.87. The maximum atomic E-state index is 9.18. The van der Waals surface area contributed by atoms with Crippen molar-refractivity contribution in [3.8, 4) is 0 Å². The van der Waals surface area contributed by atoms with Gasteiger partial charge >= 0.3 is 0 Å². The fraction of sp³-hybridized carbons (Fsp3) is 1.00. The van der Waals surface area contributed by atoms with Gasteiger partial charge in [-0.25, -0.2) is 0 Å². The van der Waals surface area contributed by atoms with E-state index in [9.17, 15) is 5.11 Å². The molecule has 11 heavy (non-hydrogen) atoms. The van der Waals surface area contributed by atoms with Gasteiger partial charge in [-0.3, -0.25) is 0 Å². The first-order valence-corrected chi connectivity index (χ1v) is 4.55. The van der Waals surface area contributed by atoms with Crippen LogP contribution in [0.2, 0.25) is 0 Å². The van der Waals surface area contributed by atoms with Crippen molar-refractivity contribution in [2.45, 2.75) is 32.5 Å². The third-order valence-electron chi connectivity index (χ3n) is 3.09. The molecule has 0 aromatic carbocycles. The molecule has 0 aliphatic heterocycles. The Morgan fingerprint density at radius 2 is 2.09 bits per heavy atom. The number of fused-ring (bicyclic) bond motifs is 1. The number of aliphatic hydroxyl groups is 1. The maximum Gasteiger partial charge on any atom is 0.0771 e. The Morgan fingerprint density at radius 3 is 2.55 bits per heavy atom. The summed E-state index contributed by atoms with van der Waals surface area (Å²) in [6.45, 7) is 4.79. The predicted octanol–water partition coefficient (Wildman–Crippen LogP) is 1.04. The number of hydrogen-bond donors (Lipinski definition) is 1. The van der Waals surface area contributed by atoms with Crippen LogP contribution < -0.4 is 0 Å². The van der Waals surface area contributed by atoms with Gasteiger partial charge in [0.25, 0.3) is 0 Å².